The van der Waals surface area contributed by atoms with E-state index in [0.717, 1.165) is 46.4 Å². The van der Waals surface area contributed by atoms with E-state index in [1.807, 2.05) is 54.6 Å². The zero-order chi connectivity index (χ0) is 23.6. The first kappa shape index (κ1) is 23.8. The Labute approximate surface area is 202 Å². The van der Waals surface area contributed by atoms with Gasteiger partial charge < -0.3 is 9.15 Å². The molecule has 3 aromatic carbocycles. The Bertz CT molecular complexity index is 1220. The minimum Gasteiger partial charge on any atom is -0.494 e. The highest BCUT2D eigenvalue weighted by Gasteiger charge is 2.10. The van der Waals surface area contributed by atoms with Gasteiger partial charge in [0.25, 0.3) is 0 Å². The Balaban J connectivity index is 1.41. The molecule has 0 saturated carbocycles. The molecule has 0 saturated heterocycles. The standard InChI is InChI=1S/C31H34O3/c1-2-3-4-5-6-7-8-12-21-33-27-18-15-25(16-19-27)28-23-31(32)34-30-20-17-26(22-29(28)30)24-13-10-9-11-14-24/h9-11,13-20,22-23H,2-8,12,21H2,1H3. The Morgan fingerprint density at radius 1 is 0.676 bits per heavy atom. The summed E-state index contributed by atoms with van der Waals surface area (Å²) < 4.78 is 11.4. The Hall–Kier alpha value is -3.33. The van der Waals surface area contributed by atoms with Crippen LogP contribution in [0.3, 0.4) is 0 Å². The van der Waals surface area contributed by atoms with E-state index in [4.69, 9.17) is 9.15 Å². The highest BCUT2D eigenvalue weighted by molar-refractivity contribution is 5.95. The largest absolute Gasteiger partial charge is 0.494 e. The summed E-state index contributed by atoms with van der Waals surface area (Å²) in [5.74, 6) is 0.865. The van der Waals surface area contributed by atoms with Crippen molar-refractivity contribution in [2.24, 2.45) is 0 Å². The Morgan fingerprint density at radius 2 is 1.35 bits per heavy atom. The highest BCUT2D eigenvalue weighted by atomic mass is 16.5. The lowest BCUT2D eigenvalue weighted by atomic mass is 9.98. The predicted octanol–water partition coefficient (Wildman–Crippen LogP) is 8.65. The fourth-order valence-electron chi connectivity index (χ4n) is 4.37. The third-order valence-corrected chi connectivity index (χ3v) is 6.28. The lowest BCUT2D eigenvalue weighted by molar-refractivity contribution is 0.304. The number of hydrogen-bond donors (Lipinski definition) is 0. The second kappa shape index (κ2) is 12.2. The first-order chi connectivity index (χ1) is 16.7. The topological polar surface area (TPSA) is 39.4 Å². The summed E-state index contributed by atoms with van der Waals surface area (Å²) in [5.41, 5.74) is 4.32. The van der Waals surface area contributed by atoms with Gasteiger partial charge in [0.15, 0.2) is 0 Å². The molecule has 0 atom stereocenters. The number of benzene rings is 3. The fraction of sp³-hybridized carbons (Fsp3) is 0.323. The summed E-state index contributed by atoms with van der Waals surface area (Å²) in [4.78, 5) is 12.2. The molecule has 4 aromatic rings. The summed E-state index contributed by atoms with van der Waals surface area (Å²) in [5, 5.41) is 0.925. The van der Waals surface area contributed by atoms with Crippen LogP contribution < -0.4 is 10.4 Å². The van der Waals surface area contributed by atoms with Gasteiger partial charge >= 0.3 is 5.63 Å². The zero-order valence-electron chi connectivity index (χ0n) is 20.1. The van der Waals surface area contributed by atoms with Gasteiger partial charge in [0.05, 0.1) is 6.61 Å². The third-order valence-electron chi connectivity index (χ3n) is 6.28. The van der Waals surface area contributed by atoms with E-state index >= 15 is 0 Å². The van der Waals surface area contributed by atoms with Gasteiger partial charge in [0.2, 0.25) is 0 Å². The zero-order valence-corrected chi connectivity index (χ0v) is 20.1. The van der Waals surface area contributed by atoms with Crippen molar-refractivity contribution >= 4 is 11.0 Å². The fourth-order valence-corrected chi connectivity index (χ4v) is 4.37. The van der Waals surface area contributed by atoms with Crippen molar-refractivity contribution in [3.8, 4) is 28.0 Å². The van der Waals surface area contributed by atoms with Crippen LogP contribution in [0.15, 0.2) is 88.1 Å². The molecule has 0 bridgehead atoms. The molecule has 34 heavy (non-hydrogen) atoms. The monoisotopic (exact) mass is 454 g/mol. The molecule has 0 radical (unpaired) electrons. The Kier molecular flexibility index (Phi) is 8.56. The lowest BCUT2D eigenvalue weighted by Gasteiger charge is -2.10. The van der Waals surface area contributed by atoms with Gasteiger partial charge in [-0.15, -0.1) is 0 Å². The van der Waals surface area contributed by atoms with E-state index in [-0.39, 0.29) is 5.63 Å². The maximum atomic E-state index is 12.2. The highest BCUT2D eigenvalue weighted by Crippen LogP contribution is 2.32. The maximum absolute atomic E-state index is 12.2. The molecule has 0 aliphatic heterocycles. The van der Waals surface area contributed by atoms with Crippen LogP contribution in [0.4, 0.5) is 0 Å². The molecule has 0 fully saturated rings. The van der Waals surface area contributed by atoms with E-state index < -0.39 is 0 Å². The summed E-state index contributed by atoms with van der Waals surface area (Å²) in [6.07, 6.45) is 10.3. The van der Waals surface area contributed by atoms with Gasteiger partial charge in [0.1, 0.15) is 11.3 Å². The molecule has 0 unspecified atom stereocenters. The minimum atomic E-state index is -0.343. The van der Waals surface area contributed by atoms with Crippen LogP contribution in [0.5, 0.6) is 5.75 Å². The van der Waals surface area contributed by atoms with Crippen molar-refractivity contribution in [1.29, 1.82) is 0 Å². The van der Waals surface area contributed by atoms with Gasteiger partial charge in [-0.05, 0) is 52.9 Å². The summed E-state index contributed by atoms with van der Waals surface area (Å²) >= 11 is 0. The average Bonchev–Trinajstić information content (AvgIpc) is 2.88. The quantitative estimate of drug-likeness (QED) is 0.159. The first-order valence-electron chi connectivity index (χ1n) is 12.6. The summed E-state index contributed by atoms with van der Waals surface area (Å²) in [7, 11) is 0. The summed E-state index contributed by atoms with van der Waals surface area (Å²) in [6, 6.07) is 25.8. The van der Waals surface area contributed by atoms with E-state index in [1.165, 1.54) is 44.9 Å². The number of unbranched alkanes of at least 4 members (excludes halogenated alkanes) is 7. The van der Waals surface area contributed by atoms with Crippen molar-refractivity contribution in [1.82, 2.24) is 0 Å². The Morgan fingerprint density at radius 3 is 2.09 bits per heavy atom. The lowest BCUT2D eigenvalue weighted by Crippen LogP contribution is -1.99. The minimum absolute atomic E-state index is 0.343. The van der Waals surface area contributed by atoms with Gasteiger partial charge in [-0.1, -0.05) is 100 Å². The predicted molar refractivity (Wildman–Crippen MR) is 141 cm³/mol. The third kappa shape index (κ3) is 6.38. The number of rotatable bonds is 12. The first-order valence-corrected chi connectivity index (χ1v) is 12.6. The molecule has 4 rings (SSSR count). The van der Waals surface area contributed by atoms with Crippen LogP contribution in [-0.2, 0) is 0 Å². The van der Waals surface area contributed by atoms with Crippen molar-refractivity contribution in [3.05, 3.63) is 89.3 Å². The smallest absolute Gasteiger partial charge is 0.336 e. The molecule has 1 aromatic heterocycles. The van der Waals surface area contributed by atoms with E-state index in [2.05, 4.69) is 25.1 Å². The van der Waals surface area contributed by atoms with Gasteiger partial charge in [-0.25, -0.2) is 4.79 Å². The molecule has 176 valence electrons. The second-order valence-corrected chi connectivity index (χ2v) is 8.90. The van der Waals surface area contributed by atoms with E-state index in [0.29, 0.717) is 5.58 Å². The average molecular weight is 455 g/mol. The molecular formula is C31H34O3. The molecule has 0 spiro atoms. The SMILES string of the molecule is CCCCCCCCCCOc1ccc(-c2cc(=O)oc3ccc(-c4ccccc4)cc23)cc1. The molecule has 3 nitrogen and oxygen atoms in total. The van der Waals surface area contributed by atoms with Gasteiger partial charge in [-0.3, -0.25) is 0 Å². The maximum Gasteiger partial charge on any atom is 0.336 e. The van der Waals surface area contributed by atoms with Crippen molar-refractivity contribution < 1.29 is 9.15 Å². The molecular weight excluding hydrogens is 420 g/mol. The molecule has 3 heteroatoms. The second-order valence-electron chi connectivity index (χ2n) is 8.90. The van der Waals surface area contributed by atoms with Crippen LogP contribution in [0.2, 0.25) is 0 Å². The van der Waals surface area contributed by atoms with Gasteiger partial charge in [0, 0.05) is 11.5 Å². The normalized spacial score (nSPS) is 11.1. The van der Waals surface area contributed by atoms with Crippen LogP contribution in [0, 0.1) is 0 Å². The molecule has 0 aliphatic carbocycles. The number of hydrogen-bond acceptors (Lipinski definition) is 3. The van der Waals surface area contributed by atoms with Crippen molar-refractivity contribution in [3.63, 3.8) is 0 Å². The summed E-state index contributed by atoms with van der Waals surface area (Å²) in [6.45, 7) is 3.00. The molecule has 1 heterocycles. The van der Waals surface area contributed by atoms with Gasteiger partial charge in [-0.2, -0.15) is 0 Å². The van der Waals surface area contributed by atoms with Crippen molar-refractivity contribution in [2.45, 2.75) is 58.3 Å². The van der Waals surface area contributed by atoms with Crippen LogP contribution in [0.1, 0.15) is 58.3 Å². The molecule has 0 N–H and O–H groups in total. The van der Waals surface area contributed by atoms with E-state index in [1.54, 1.807) is 6.07 Å². The van der Waals surface area contributed by atoms with Crippen molar-refractivity contribution in [2.75, 3.05) is 6.61 Å². The number of ether oxygens (including phenoxy) is 1. The van der Waals surface area contributed by atoms with Crippen LogP contribution in [-0.4, -0.2) is 6.61 Å². The molecule has 0 amide bonds. The van der Waals surface area contributed by atoms with Crippen LogP contribution >= 0.6 is 0 Å². The number of fused-ring (bicyclic) bond motifs is 1. The molecule has 0 aliphatic rings. The van der Waals surface area contributed by atoms with Crippen LogP contribution in [0.25, 0.3) is 33.2 Å². The van der Waals surface area contributed by atoms with E-state index in [9.17, 15) is 4.79 Å².